The molecule has 1 atom stereocenters. The van der Waals surface area contributed by atoms with Crippen LogP contribution in [-0.2, 0) is 25.9 Å². The van der Waals surface area contributed by atoms with E-state index in [0.717, 1.165) is 24.0 Å². The topological polar surface area (TPSA) is 113 Å². The summed E-state index contributed by atoms with van der Waals surface area (Å²) in [5, 5.41) is 19.9. The Balaban J connectivity index is 1.54. The number of aliphatic hydroxyl groups excluding tert-OH is 1. The first-order valence-corrected chi connectivity index (χ1v) is 13.3. The zero-order valence-electron chi connectivity index (χ0n) is 22.3. The van der Waals surface area contributed by atoms with Crippen LogP contribution in [0.1, 0.15) is 61.2 Å². The third-order valence-corrected chi connectivity index (χ3v) is 7.41. The van der Waals surface area contributed by atoms with E-state index in [1.54, 1.807) is 17.2 Å². The maximum absolute atomic E-state index is 14.1. The number of imidazole rings is 1. The molecular formula is C32H31N3O5. The minimum absolute atomic E-state index is 0.0287. The number of carbonyl (C=O) groups excluding carboxylic acids is 2. The number of aromatic nitrogens is 2. The number of Topliss-reactive ketones (excluding diaryl/α,β-unsaturated/α-hetero) is 1. The van der Waals surface area contributed by atoms with Gasteiger partial charge in [0.1, 0.15) is 11.5 Å². The van der Waals surface area contributed by atoms with E-state index in [4.69, 9.17) is 0 Å². The monoisotopic (exact) mass is 537 g/mol. The zero-order valence-corrected chi connectivity index (χ0v) is 22.3. The van der Waals surface area contributed by atoms with Crippen molar-refractivity contribution in [3.05, 3.63) is 113 Å². The Bertz CT molecular complexity index is 1560. The number of hydrogen-bond donors (Lipinski definition) is 2. The van der Waals surface area contributed by atoms with Gasteiger partial charge in [0.15, 0.2) is 5.78 Å². The molecule has 204 valence electrons. The standard InChI is InChI=1S/C32H31N3O5/c1-21(37)29-19-34(15-7-10-22-8-3-2-4-9-22)30(33-29)27-14-13-24(32(39)40)17-28(27)31(38)35-18-25-12-6-5-11-23(25)16-26(35)20-36/h2-6,8-9,11-14,17,19,26,36H,7,10,15-16,18,20H2,1H3,(H,39,40)/t26-/m0/s1. The summed E-state index contributed by atoms with van der Waals surface area (Å²) < 4.78 is 1.86. The number of fused-ring (bicyclic) bond motifs is 1. The highest BCUT2D eigenvalue weighted by molar-refractivity contribution is 6.03. The fourth-order valence-corrected chi connectivity index (χ4v) is 5.26. The van der Waals surface area contributed by atoms with Gasteiger partial charge in [-0.1, -0.05) is 54.6 Å². The molecule has 1 amide bonds. The summed E-state index contributed by atoms with van der Waals surface area (Å²) in [4.78, 5) is 44.5. The fourth-order valence-electron chi connectivity index (χ4n) is 5.26. The minimum Gasteiger partial charge on any atom is -0.478 e. The molecule has 0 fully saturated rings. The maximum atomic E-state index is 14.1. The van der Waals surface area contributed by atoms with Gasteiger partial charge >= 0.3 is 5.97 Å². The van der Waals surface area contributed by atoms with Gasteiger partial charge in [0.05, 0.1) is 23.8 Å². The Kier molecular flexibility index (Phi) is 7.89. The summed E-state index contributed by atoms with van der Waals surface area (Å²) in [7, 11) is 0. The molecular weight excluding hydrogens is 506 g/mol. The van der Waals surface area contributed by atoms with Gasteiger partial charge in [-0.05, 0) is 54.2 Å². The van der Waals surface area contributed by atoms with E-state index in [1.165, 1.54) is 24.6 Å². The van der Waals surface area contributed by atoms with E-state index in [-0.39, 0.29) is 29.2 Å². The van der Waals surface area contributed by atoms with Crippen LogP contribution in [0.15, 0.2) is 79.0 Å². The Morgan fingerprint density at radius 3 is 2.40 bits per heavy atom. The molecule has 4 aromatic rings. The molecule has 0 saturated carbocycles. The lowest BCUT2D eigenvalue weighted by Gasteiger charge is -2.36. The van der Waals surface area contributed by atoms with Gasteiger partial charge in [-0.3, -0.25) is 9.59 Å². The number of hydrogen-bond acceptors (Lipinski definition) is 5. The number of ketones is 1. The van der Waals surface area contributed by atoms with Crippen molar-refractivity contribution in [3.8, 4) is 11.4 Å². The molecule has 5 rings (SSSR count). The molecule has 0 aliphatic carbocycles. The number of nitrogens with zero attached hydrogens (tertiary/aromatic N) is 3. The molecule has 0 unspecified atom stereocenters. The Morgan fingerprint density at radius 2 is 1.70 bits per heavy atom. The number of carboxylic acids is 1. The molecule has 2 heterocycles. The fraction of sp³-hybridized carbons (Fsp3) is 0.250. The number of rotatable bonds is 9. The smallest absolute Gasteiger partial charge is 0.335 e. The predicted molar refractivity (Wildman–Crippen MR) is 150 cm³/mol. The summed E-state index contributed by atoms with van der Waals surface area (Å²) in [6.07, 6.45) is 3.78. The molecule has 0 saturated heterocycles. The number of aliphatic hydroxyl groups is 1. The van der Waals surface area contributed by atoms with Crippen LogP contribution in [0.2, 0.25) is 0 Å². The second kappa shape index (κ2) is 11.7. The van der Waals surface area contributed by atoms with Crippen LogP contribution in [0.5, 0.6) is 0 Å². The van der Waals surface area contributed by atoms with Gasteiger partial charge in [-0.15, -0.1) is 0 Å². The van der Waals surface area contributed by atoms with Crippen molar-refractivity contribution in [2.75, 3.05) is 6.61 Å². The number of amides is 1. The van der Waals surface area contributed by atoms with Crippen molar-refractivity contribution in [2.24, 2.45) is 0 Å². The highest BCUT2D eigenvalue weighted by atomic mass is 16.4. The van der Waals surface area contributed by atoms with Gasteiger partial charge < -0.3 is 19.7 Å². The summed E-state index contributed by atoms with van der Waals surface area (Å²) in [6.45, 7) is 2.06. The van der Waals surface area contributed by atoms with Crippen LogP contribution in [-0.4, -0.2) is 55.0 Å². The van der Waals surface area contributed by atoms with Crippen LogP contribution in [0.25, 0.3) is 11.4 Å². The van der Waals surface area contributed by atoms with Gasteiger partial charge in [0, 0.05) is 31.8 Å². The van der Waals surface area contributed by atoms with E-state index < -0.39 is 17.9 Å². The molecule has 2 N–H and O–H groups in total. The van der Waals surface area contributed by atoms with Crippen molar-refractivity contribution < 1.29 is 24.6 Å². The molecule has 40 heavy (non-hydrogen) atoms. The number of carboxylic acid groups (broad SMARTS) is 1. The molecule has 0 radical (unpaired) electrons. The van der Waals surface area contributed by atoms with E-state index in [1.807, 2.05) is 47.0 Å². The Hall–Kier alpha value is -4.56. The van der Waals surface area contributed by atoms with E-state index in [2.05, 4.69) is 17.1 Å². The van der Waals surface area contributed by atoms with Gasteiger partial charge in [-0.2, -0.15) is 0 Å². The minimum atomic E-state index is -1.15. The molecule has 8 heteroatoms. The van der Waals surface area contributed by atoms with E-state index in [9.17, 15) is 24.6 Å². The first-order valence-electron chi connectivity index (χ1n) is 13.3. The SMILES string of the molecule is CC(=O)c1cn(CCCc2ccccc2)c(-c2ccc(C(=O)O)cc2C(=O)N2Cc3ccccc3C[C@H]2CO)n1. The van der Waals surface area contributed by atoms with Crippen LogP contribution < -0.4 is 0 Å². The third-order valence-electron chi connectivity index (χ3n) is 7.41. The third kappa shape index (κ3) is 5.58. The Labute approximate surface area is 232 Å². The molecule has 0 spiro atoms. The van der Waals surface area contributed by atoms with E-state index >= 15 is 0 Å². The van der Waals surface area contributed by atoms with Crippen molar-refractivity contribution >= 4 is 17.7 Å². The normalized spacial score (nSPS) is 14.6. The lowest BCUT2D eigenvalue weighted by molar-refractivity contribution is 0.0544. The van der Waals surface area contributed by atoms with Crippen molar-refractivity contribution in [1.29, 1.82) is 0 Å². The second-order valence-electron chi connectivity index (χ2n) is 10.1. The van der Waals surface area contributed by atoms with Crippen molar-refractivity contribution in [2.45, 2.75) is 45.3 Å². The van der Waals surface area contributed by atoms with Crippen LogP contribution in [0.4, 0.5) is 0 Å². The molecule has 3 aromatic carbocycles. The molecule has 1 aromatic heterocycles. The first-order chi connectivity index (χ1) is 19.4. The molecule has 0 bridgehead atoms. The number of carbonyl (C=O) groups is 3. The van der Waals surface area contributed by atoms with Gasteiger partial charge in [-0.25, -0.2) is 9.78 Å². The second-order valence-corrected chi connectivity index (χ2v) is 10.1. The van der Waals surface area contributed by atoms with Crippen LogP contribution in [0, 0.1) is 0 Å². The zero-order chi connectivity index (χ0) is 28.2. The summed E-state index contributed by atoms with van der Waals surface area (Å²) >= 11 is 0. The summed E-state index contributed by atoms with van der Waals surface area (Å²) in [5.74, 6) is -1.32. The molecule has 1 aliphatic heterocycles. The molecule has 1 aliphatic rings. The first kappa shape index (κ1) is 27.0. The largest absolute Gasteiger partial charge is 0.478 e. The highest BCUT2D eigenvalue weighted by Gasteiger charge is 2.32. The lowest BCUT2D eigenvalue weighted by Crippen LogP contribution is -2.46. The molecule has 8 nitrogen and oxygen atoms in total. The average molecular weight is 538 g/mol. The Morgan fingerprint density at radius 1 is 0.975 bits per heavy atom. The highest BCUT2D eigenvalue weighted by Crippen LogP contribution is 2.30. The number of aromatic carboxylic acids is 1. The van der Waals surface area contributed by atoms with Crippen molar-refractivity contribution in [3.63, 3.8) is 0 Å². The quantitative estimate of drug-likeness (QED) is 0.301. The summed E-state index contributed by atoms with van der Waals surface area (Å²) in [6, 6.07) is 21.8. The van der Waals surface area contributed by atoms with E-state index in [0.29, 0.717) is 30.9 Å². The maximum Gasteiger partial charge on any atom is 0.335 e. The van der Waals surface area contributed by atoms with Crippen molar-refractivity contribution in [1.82, 2.24) is 14.5 Å². The van der Waals surface area contributed by atoms with Gasteiger partial charge in [0.25, 0.3) is 5.91 Å². The number of benzene rings is 3. The van der Waals surface area contributed by atoms with Crippen LogP contribution in [0.3, 0.4) is 0 Å². The van der Waals surface area contributed by atoms with Crippen LogP contribution >= 0.6 is 0 Å². The average Bonchev–Trinajstić information content (AvgIpc) is 3.40. The summed E-state index contributed by atoms with van der Waals surface area (Å²) in [5.41, 5.74) is 4.11. The number of aryl methyl sites for hydroxylation is 2. The lowest BCUT2D eigenvalue weighted by atomic mass is 9.92. The predicted octanol–water partition coefficient (Wildman–Crippen LogP) is 4.64. The van der Waals surface area contributed by atoms with Gasteiger partial charge in [0.2, 0.25) is 0 Å².